The predicted molar refractivity (Wildman–Crippen MR) is 84.4 cm³/mol. The molecule has 1 aromatic carbocycles. The number of amides is 1. The van der Waals surface area contributed by atoms with Crippen molar-refractivity contribution in [3.8, 4) is 11.5 Å². The molecule has 116 valence electrons. The third-order valence-corrected chi connectivity index (χ3v) is 3.47. The normalized spacial score (nSPS) is 10.1. The minimum atomic E-state index is -0.0928. The molecule has 0 saturated carbocycles. The number of rotatable bonds is 6. The zero-order valence-electron chi connectivity index (χ0n) is 13.1. The van der Waals surface area contributed by atoms with Gasteiger partial charge in [-0.3, -0.25) is 9.78 Å². The van der Waals surface area contributed by atoms with Crippen molar-refractivity contribution in [2.75, 3.05) is 27.8 Å². The maximum Gasteiger partial charge on any atom is 0.257 e. The van der Waals surface area contributed by atoms with E-state index in [1.807, 2.05) is 12.1 Å². The smallest absolute Gasteiger partial charge is 0.257 e. The molecule has 1 heterocycles. The highest BCUT2D eigenvalue weighted by Gasteiger charge is 2.17. The summed E-state index contributed by atoms with van der Waals surface area (Å²) in [7, 11) is 4.90. The molecule has 0 N–H and O–H groups in total. The van der Waals surface area contributed by atoms with Crippen molar-refractivity contribution >= 4 is 5.91 Å². The van der Waals surface area contributed by atoms with E-state index in [9.17, 15) is 4.79 Å². The number of ether oxygens (including phenoxy) is 2. The van der Waals surface area contributed by atoms with Gasteiger partial charge in [0.25, 0.3) is 5.91 Å². The average Bonchev–Trinajstić information content (AvgIpc) is 2.59. The molecule has 1 aromatic heterocycles. The van der Waals surface area contributed by atoms with Gasteiger partial charge >= 0.3 is 0 Å². The Bertz CT molecular complexity index is 629. The van der Waals surface area contributed by atoms with Gasteiger partial charge < -0.3 is 14.4 Å². The van der Waals surface area contributed by atoms with E-state index in [4.69, 9.17) is 9.47 Å². The Labute approximate surface area is 130 Å². The van der Waals surface area contributed by atoms with Gasteiger partial charge in [-0.25, -0.2) is 0 Å². The minimum absolute atomic E-state index is 0.0928. The molecule has 0 aliphatic rings. The molecule has 0 atom stereocenters. The first-order chi connectivity index (χ1) is 10.7. The van der Waals surface area contributed by atoms with E-state index in [2.05, 4.69) is 4.98 Å². The molecule has 0 bridgehead atoms. The second-order valence-corrected chi connectivity index (χ2v) is 4.90. The highest BCUT2D eigenvalue weighted by atomic mass is 16.5. The summed E-state index contributed by atoms with van der Waals surface area (Å²) in [6.45, 7) is 0.614. The fraction of sp³-hybridized carbons (Fsp3) is 0.294. The van der Waals surface area contributed by atoms with Crippen LogP contribution in [0.5, 0.6) is 11.5 Å². The molecule has 0 unspecified atom stereocenters. The lowest BCUT2D eigenvalue weighted by atomic mass is 10.1. The van der Waals surface area contributed by atoms with Crippen molar-refractivity contribution in [2.24, 2.45) is 0 Å². The molecule has 0 spiro atoms. The van der Waals surface area contributed by atoms with Gasteiger partial charge in [0.1, 0.15) is 11.5 Å². The van der Waals surface area contributed by atoms with Crippen LogP contribution >= 0.6 is 0 Å². The van der Waals surface area contributed by atoms with Crippen LogP contribution in [0.1, 0.15) is 15.9 Å². The van der Waals surface area contributed by atoms with Gasteiger partial charge in [0, 0.05) is 26.0 Å². The number of benzene rings is 1. The zero-order valence-corrected chi connectivity index (χ0v) is 13.1. The molecule has 0 aliphatic heterocycles. The lowest BCUT2D eigenvalue weighted by Crippen LogP contribution is -2.29. The highest BCUT2D eigenvalue weighted by Crippen LogP contribution is 2.25. The van der Waals surface area contributed by atoms with E-state index in [1.54, 1.807) is 56.8 Å². The summed E-state index contributed by atoms with van der Waals surface area (Å²) in [6.07, 6.45) is 4.28. The number of carbonyl (C=O) groups excluding carboxylic acids is 1. The molecular formula is C17H20N2O3. The van der Waals surface area contributed by atoms with Gasteiger partial charge in [-0.05, 0) is 42.3 Å². The molecule has 5 nitrogen and oxygen atoms in total. The Morgan fingerprint density at radius 2 is 1.86 bits per heavy atom. The van der Waals surface area contributed by atoms with Crippen LogP contribution < -0.4 is 9.47 Å². The lowest BCUT2D eigenvalue weighted by Gasteiger charge is -2.19. The number of carbonyl (C=O) groups is 1. The monoisotopic (exact) mass is 300 g/mol. The summed E-state index contributed by atoms with van der Waals surface area (Å²) >= 11 is 0. The van der Waals surface area contributed by atoms with Crippen LogP contribution in [-0.2, 0) is 6.42 Å². The molecule has 22 heavy (non-hydrogen) atoms. The number of aromatic nitrogens is 1. The van der Waals surface area contributed by atoms with Gasteiger partial charge in [-0.2, -0.15) is 0 Å². The topological polar surface area (TPSA) is 51.7 Å². The maximum absolute atomic E-state index is 12.6. The van der Waals surface area contributed by atoms with E-state index in [0.717, 1.165) is 12.0 Å². The number of pyridine rings is 1. The lowest BCUT2D eigenvalue weighted by molar-refractivity contribution is 0.0793. The van der Waals surface area contributed by atoms with Crippen LogP contribution in [-0.4, -0.2) is 43.6 Å². The number of methoxy groups -OCH3 is 2. The average molecular weight is 300 g/mol. The quantitative estimate of drug-likeness (QED) is 0.822. The second-order valence-electron chi connectivity index (χ2n) is 4.90. The predicted octanol–water partition coefficient (Wildman–Crippen LogP) is 2.41. The summed E-state index contributed by atoms with van der Waals surface area (Å²) in [6, 6.07) is 9.11. The van der Waals surface area contributed by atoms with E-state index in [-0.39, 0.29) is 5.91 Å². The molecular weight excluding hydrogens is 280 g/mol. The Kier molecular flexibility index (Phi) is 5.36. The third-order valence-electron chi connectivity index (χ3n) is 3.47. The van der Waals surface area contributed by atoms with Gasteiger partial charge in [0.2, 0.25) is 0 Å². The second kappa shape index (κ2) is 7.45. The van der Waals surface area contributed by atoms with E-state index < -0.39 is 0 Å². The van der Waals surface area contributed by atoms with Crippen LogP contribution in [0, 0.1) is 0 Å². The van der Waals surface area contributed by atoms with Gasteiger partial charge in [0.05, 0.1) is 19.8 Å². The van der Waals surface area contributed by atoms with Crippen molar-refractivity contribution in [3.05, 3.63) is 53.9 Å². The SMILES string of the molecule is COc1ccc(OC)c(C(=O)N(C)CCc2ccncc2)c1. The van der Waals surface area contributed by atoms with Crippen molar-refractivity contribution in [1.82, 2.24) is 9.88 Å². The maximum atomic E-state index is 12.6. The fourth-order valence-corrected chi connectivity index (χ4v) is 2.13. The van der Waals surface area contributed by atoms with Gasteiger partial charge in [0.15, 0.2) is 0 Å². The number of likely N-dealkylation sites (N-methyl/N-ethyl adjacent to an activating group) is 1. The molecule has 2 rings (SSSR count). The molecule has 0 saturated heterocycles. The molecule has 0 aliphatic carbocycles. The first-order valence-corrected chi connectivity index (χ1v) is 7.02. The van der Waals surface area contributed by atoms with Crippen molar-refractivity contribution in [2.45, 2.75) is 6.42 Å². The molecule has 0 radical (unpaired) electrons. The van der Waals surface area contributed by atoms with Crippen LogP contribution in [0.3, 0.4) is 0 Å². The molecule has 0 fully saturated rings. The molecule has 5 heteroatoms. The minimum Gasteiger partial charge on any atom is -0.497 e. The van der Waals surface area contributed by atoms with Crippen molar-refractivity contribution in [3.63, 3.8) is 0 Å². The van der Waals surface area contributed by atoms with Gasteiger partial charge in [-0.15, -0.1) is 0 Å². The van der Waals surface area contributed by atoms with Crippen LogP contribution in [0.15, 0.2) is 42.7 Å². The number of nitrogens with zero attached hydrogens (tertiary/aromatic N) is 2. The first-order valence-electron chi connectivity index (χ1n) is 7.02. The summed E-state index contributed by atoms with van der Waals surface area (Å²) in [4.78, 5) is 18.3. The van der Waals surface area contributed by atoms with E-state index in [0.29, 0.717) is 23.6 Å². The summed E-state index contributed by atoms with van der Waals surface area (Å²) in [5, 5.41) is 0. The summed E-state index contributed by atoms with van der Waals surface area (Å²) in [5.41, 5.74) is 1.64. The Balaban J connectivity index is 2.09. The number of hydrogen-bond donors (Lipinski definition) is 0. The standard InChI is InChI=1S/C17H20N2O3/c1-19(11-8-13-6-9-18-10-7-13)17(20)15-12-14(21-2)4-5-16(15)22-3/h4-7,9-10,12H,8,11H2,1-3H3. The van der Waals surface area contributed by atoms with E-state index in [1.165, 1.54) is 0 Å². The Hall–Kier alpha value is -2.56. The largest absolute Gasteiger partial charge is 0.497 e. The third kappa shape index (κ3) is 3.75. The summed E-state index contributed by atoms with van der Waals surface area (Å²) < 4.78 is 10.4. The first kappa shape index (κ1) is 15.8. The zero-order chi connectivity index (χ0) is 15.9. The molecule has 1 amide bonds. The van der Waals surface area contributed by atoms with Gasteiger partial charge in [-0.1, -0.05) is 0 Å². The highest BCUT2D eigenvalue weighted by molar-refractivity contribution is 5.97. The molecule has 2 aromatic rings. The van der Waals surface area contributed by atoms with Crippen molar-refractivity contribution in [1.29, 1.82) is 0 Å². The van der Waals surface area contributed by atoms with E-state index >= 15 is 0 Å². The van der Waals surface area contributed by atoms with Crippen LogP contribution in [0.2, 0.25) is 0 Å². The Morgan fingerprint density at radius 3 is 2.50 bits per heavy atom. The van der Waals surface area contributed by atoms with Crippen LogP contribution in [0.4, 0.5) is 0 Å². The number of hydrogen-bond acceptors (Lipinski definition) is 4. The Morgan fingerprint density at radius 1 is 1.14 bits per heavy atom. The van der Waals surface area contributed by atoms with Crippen molar-refractivity contribution < 1.29 is 14.3 Å². The van der Waals surface area contributed by atoms with Crippen LogP contribution in [0.25, 0.3) is 0 Å². The fourth-order valence-electron chi connectivity index (χ4n) is 2.13. The summed E-state index contributed by atoms with van der Waals surface area (Å²) in [5.74, 6) is 1.08.